The average Bonchev–Trinajstić information content (AvgIpc) is 2.93. The first kappa shape index (κ1) is 18.6. The summed E-state index contributed by atoms with van der Waals surface area (Å²) in [5.41, 5.74) is 11.6. The first-order valence-corrected chi connectivity index (χ1v) is 10.7. The molecule has 0 amide bonds. The highest BCUT2D eigenvalue weighted by Gasteiger charge is 2.16. The number of halogens is 1. The van der Waals surface area contributed by atoms with E-state index < -0.39 is 10.0 Å². The highest BCUT2D eigenvalue weighted by Crippen LogP contribution is 2.37. The third-order valence-corrected chi connectivity index (χ3v) is 6.07. The number of alkyl halides is 1. The second-order valence-corrected chi connectivity index (χ2v) is 8.35. The lowest BCUT2D eigenvalue weighted by Gasteiger charge is -2.11. The van der Waals surface area contributed by atoms with Gasteiger partial charge in [-0.05, 0) is 37.6 Å². The molecule has 7 heteroatoms. The molecule has 0 atom stereocenters. The molecule has 3 aromatic rings. The Bertz CT molecular complexity index is 1040. The van der Waals surface area contributed by atoms with Gasteiger partial charge < -0.3 is 10.3 Å². The van der Waals surface area contributed by atoms with E-state index in [1.807, 2.05) is 24.3 Å². The van der Waals surface area contributed by atoms with Crippen LogP contribution in [0.3, 0.4) is 0 Å². The van der Waals surface area contributed by atoms with Crippen molar-refractivity contribution in [2.24, 2.45) is 0 Å². The van der Waals surface area contributed by atoms with Gasteiger partial charge in [0.2, 0.25) is 10.0 Å². The summed E-state index contributed by atoms with van der Waals surface area (Å²) >= 11 is 5.97. The highest BCUT2D eigenvalue weighted by molar-refractivity contribution is 7.92. The number of aryl methyl sites for hydroxylation is 1. The van der Waals surface area contributed by atoms with Gasteiger partial charge in [-0.15, -0.1) is 11.6 Å². The summed E-state index contributed by atoms with van der Waals surface area (Å²) in [6.45, 7) is 4.44. The summed E-state index contributed by atoms with van der Waals surface area (Å²) in [7, 11) is -3.29. The Kier molecular flexibility index (Phi) is 5.16. The number of fused-ring (bicyclic) bond motifs is 1. The second-order valence-electron chi connectivity index (χ2n) is 6.07. The molecule has 3 rings (SSSR count). The predicted molar refractivity (Wildman–Crippen MR) is 110 cm³/mol. The molecular formula is C19H22ClN3O2S. The van der Waals surface area contributed by atoms with Crippen LogP contribution in [0, 0.1) is 0 Å². The maximum Gasteiger partial charge on any atom is 0.232 e. The quantitative estimate of drug-likeness (QED) is 0.611. The van der Waals surface area contributed by atoms with Crippen LogP contribution >= 0.6 is 11.6 Å². The molecule has 138 valence electrons. The summed E-state index contributed by atoms with van der Waals surface area (Å²) in [5, 5.41) is 0.992. The van der Waals surface area contributed by atoms with Gasteiger partial charge in [-0.2, -0.15) is 0 Å². The minimum absolute atomic E-state index is 0.0364. The average molecular weight is 392 g/mol. The summed E-state index contributed by atoms with van der Waals surface area (Å²) in [5.74, 6) is 0.487. The van der Waals surface area contributed by atoms with E-state index in [-0.39, 0.29) is 5.75 Å². The van der Waals surface area contributed by atoms with Crippen LogP contribution in [0.2, 0.25) is 0 Å². The van der Waals surface area contributed by atoms with Gasteiger partial charge in [-0.25, -0.2) is 8.42 Å². The first-order chi connectivity index (χ1) is 12.4. The predicted octanol–water partition coefficient (Wildman–Crippen LogP) is 4.41. The Hall–Kier alpha value is -2.18. The van der Waals surface area contributed by atoms with Crippen molar-refractivity contribution >= 4 is 43.9 Å². The zero-order chi connectivity index (χ0) is 18.9. The molecular weight excluding hydrogens is 370 g/mol. The Labute approximate surface area is 158 Å². The lowest BCUT2D eigenvalue weighted by Crippen LogP contribution is -2.14. The molecule has 0 spiro atoms. The summed E-state index contributed by atoms with van der Waals surface area (Å²) < 4.78 is 28.1. The Morgan fingerprint density at radius 1 is 1.12 bits per heavy atom. The lowest BCUT2D eigenvalue weighted by molar-refractivity contribution is 0.602. The normalized spacial score (nSPS) is 11.8. The van der Waals surface area contributed by atoms with Crippen LogP contribution in [0.5, 0.6) is 0 Å². The van der Waals surface area contributed by atoms with Crippen molar-refractivity contribution in [3.05, 3.63) is 48.0 Å². The third kappa shape index (κ3) is 3.39. The number of nitrogen functional groups attached to an aromatic ring is 1. The van der Waals surface area contributed by atoms with Crippen molar-refractivity contribution in [2.45, 2.75) is 26.3 Å². The lowest BCUT2D eigenvalue weighted by atomic mass is 10.1. The van der Waals surface area contributed by atoms with Gasteiger partial charge >= 0.3 is 0 Å². The second kappa shape index (κ2) is 7.21. The molecule has 0 saturated carbocycles. The number of aromatic nitrogens is 1. The van der Waals surface area contributed by atoms with Crippen LogP contribution in [0.4, 0.5) is 11.4 Å². The van der Waals surface area contributed by atoms with Crippen LogP contribution in [-0.4, -0.2) is 18.7 Å². The number of nitrogens with one attached hydrogen (secondary N) is 1. The number of nitrogens with zero attached hydrogens (tertiary/aromatic N) is 1. The van der Waals surface area contributed by atoms with Crippen molar-refractivity contribution in [1.82, 2.24) is 4.57 Å². The molecule has 0 unspecified atom stereocenters. The van der Waals surface area contributed by atoms with Crippen LogP contribution in [0.15, 0.2) is 42.5 Å². The van der Waals surface area contributed by atoms with Crippen molar-refractivity contribution < 1.29 is 8.42 Å². The molecule has 0 radical (unpaired) electrons. The molecule has 0 bridgehead atoms. The van der Waals surface area contributed by atoms with Crippen LogP contribution < -0.4 is 10.5 Å². The van der Waals surface area contributed by atoms with Crippen LogP contribution in [0.1, 0.15) is 19.4 Å². The topological polar surface area (TPSA) is 77.1 Å². The largest absolute Gasteiger partial charge is 0.396 e. The van der Waals surface area contributed by atoms with E-state index in [1.54, 1.807) is 19.1 Å². The Balaban J connectivity index is 2.09. The van der Waals surface area contributed by atoms with Crippen molar-refractivity contribution in [3.63, 3.8) is 0 Å². The van der Waals surface area contributed by atoms with Gasteiger partial charge in [0.05, 0.1) is 22.7 Å². The fraction of sp³-hybridized carbons (Fsp3) is 0.263. The SMILES string of the molecule is CCn1c(-c2ccc(NS(=O)(=O)CC)cc2)c(N)c2ccc(CCl)cc21. The zero-order valence-electron chi connectivity index (χ0n) is 14.8. The number of rotatable bonds is 6. The zero-order valence-corrected chi connectivity index (χ0v) is 16.4. The molecule has 5 nitrogen and oxygen atoms in total. The summed E-state index contributed by atoms with van der Waals surface area (Å²) in [6.07, 6.45) is 0. The number of sulfonamides is 1. The number of hydrogen-bond donors (Lipinski definition) is 2. The van der Waals surface area contributed by atoms with E-state index in [4.69, 9.17) is 17.3 Å². The van der Waals surface area contributed by atoms with Gasteiger partial charge in [0.25, 0.3) is 0 Å². The fourth-order valence-electron chi connectivity index (χ4n) is 3.09. The standard InChI is InChI=1S/C19H22ClN3O2S/c1-3-23-17-11-13(12-20)5-10-16(17)18(21)19(23)14-6-8-15(9-7-14)22-26(24,25)4-2/h5-11,22H,3-4,12,21H2,1-2H3. The van der Waals surface area contributed by atoms with Crippen LogP contribution in [-0.2, 0) is 22.4 Å². The molecule has 0 aliphatic carbocycles. The van der Waals surface area contributed by atoms with Gasteiger partial charge in [0, 0.05) is 29.1 Å². The monoisotopic (exact) mass is 391 g/mol. The van der Waals surface area contributed by atoms with Crippen LogP contribution in [0.25, 0.3) is 22.2 Å². The van der Waals surface area contributed by atoms with Crippen molar-refractivity contribution in [1.29, 1.82) is 0 Å². The summed E-state index contributed by atoms with van der Waals surface area (Å²) in [6, 6.07) is 13.3. The Morgan fingerprint density at radius 3 is 2.38 bits per heavy atom. The Morgan fingerprint density at radius 2 is 1.81 bits per heavy atom. The maximum absolute atomic E-state index is 11.7. The summed E-state index contributed by atoms with van der Waals surface area (Å²) in [4.78, 5) is 0. The minimum atomic E-state index is -3.29. The van der Waals surface area contributed by atoms with E-state index in [0.29, 0.717) is 17.3 Å². The minimum Gasteiger partial charge on any atom is -0.396 e. The molecule has 0 fully saturated rings. The number of nitrogens with two attached hydrogens (primary N) is 1. The molecule has 26 heavy (non-hydrogen) atoms. The number of hydrogen-bond acceptors (Lipinski definition) is 3. The van der Waals surface area contributed by atoms with E-state index in [2.05, 4.69) is 22.3 Å². The smallest absolute Gasteiger partial charge is 0.232 e. The molecule has 0 aliphatic heterocycles. The molecule has 2 aromatic carbocycles. The molecule has 1 heterocycles. The third-order valence-electron chi connectivity index (χ3n) is 4.45. The highest BCUT2D eigenvalue weighted by atomic mass is 35.5. The van der Waals surface area contributed by atoms with Crippen molar-refractivity contribution in [3.8, 4) is 11.3 Å². The first-order valence-electron chi connectivity index (χ1n) is 8.47. The van der Waals surface area contributed by atoms with Gasteiger partial charge in [0.15, 0.2) is 0 Å². The number of benzene rings is 2. The molecule has 0 saturated heterocycles. The van der Waals surface area contributed by atoms with E-state index in [0.717, 1.165) is 34.3 Å². The van der Waals surface area contributed by atoms with Gasteiger partial charge in [0.1, 0.15) is 0 Å². The van der Waals surface area contributed by atoms with Gasteiger partial charge in [-0.3, -0.25) is 4.72 Å². The molecule has 3 N–H and O–H groups in total. The maximum atomic E-state index is 11.7. The van der Waals surface area contributed by atoms with E-state index in [1.165, 1.54) is 0 Å². The molecule has 0 aliphatic rings. The van der Waals surface area contributed by atoms with Crippen molar-refractivity contribution in [2.75, 3.05) is 16.2 Å². The van der Waals surface area contributed by atoms with Gasteiger partial charge in [-0.1, -0.05) is 24.3 Å². The molecule has 1 aromatic heterocycles. The van der Waals surface area contributed by atoms with E-state index >= 15 is 0 Å². The van der Waals surface area contributed by atoms with E-state index in [9.17, 15) is 8.42 Å². The fourth-order valence-corrected chi connectivity index (χ4v) is 3.90. The number of anilines is 2.